The number of nitrogens with one attached hydrogen (secondary N) is 1. The van der Waals surface area contributed by atoms with Gasteiger partial charge in [0, 0.05) is 12.8 Å². The predicted octanol–water partition coefficient (Wildman–Crippen LogP) is 2.73. The van der Waals surface area contributed by atoms with Crippen molar-refractivity contribution < 1.29 is 28.9 Å². The zero-order valence-electron chi connectivity index (χ0n) is 15.2. The Kier molecular flexibility index (Phi) is 5.61. The fourth-order valence-electron chi connectivity index (χ4n) is 3.05. The SMILES string of the molecule is COCc1cc(NC(=O)C2COc3ccc(OC)cc3C2)cc(C(=O)O)c1. The van der Waals surface area contributed by atoms with E-state index in [0.717, 1.165) is 11.3 Å². The molecule has 0 radical (unpaired) electrons. The van der Waals surface area contributed by atoms with Crippen molar-refractivity contribution in [3.63, 3.8) is 0 Å². The van der Waals surface area contributed by atoms with Gasteiger partial charge < -0.3 is 24.6 Å². The number of hydrogen-bond acceptors (Lipinski definition) is 5. The molecule has 0 saturated heterocycles. The second-order valence-electron chi connectivity index (χ2n) is 6.33. The minimum absolute atomic E-state index is 0.0924. The molecule has 0 saturated carbocycles. The number of carboxylic acids is 1. The molecular weight excluding hydrogens is 350 g/mol. The second kappa shape index (κ2) is 8.09. The number of aromatic carboxylic acids is 1. The van der Waals surface area contributed by atoms with Crippen LogP contribution in [-0.4, -0.2) is 37.8 Å². The van der Waals surface area contributed by atoms with Crippen LogP contribution < -0.4 is 14.8 Å². The summed E-state index contributed by atoms with van der Waals surface area (Å²) in [6.45, 7) is 0.512. The summed E-state index contributed by atoms with van der Waals surface area (Å²) in [4.78, 5) is 24.0. The first-order chi connectivity index (χ1) is 13.0. The van der Waals surface area contributed by atoms with Crippen LogP contribution in [0, 0.1) is 5.92 Å². The summed E-state index contributed by atoms with van der Waals surface area (Å²) in [5.74, 6) is -0.226. The Labute approximate surface area is 156 Å². The molecule has 7 nitrogen and oxygen atoms in total. The van der Waals surface area contributed by atoms with Crippen LogP contribution in [0.3, 0.4) is 0 Å². The third kappa shape index (κ3) is 4.38. The zero-order chi connectivity index (χ0) is 19.4. The zero-order valence-corrected chi connectivity index (χ0v) is 15.2. The van der Waals surface area contributed by atoms with Gasteiger partial charge in [0.1, 0.15) is 18.1 Å². The highest BCUT2D eigenvalue weighted by molar-refractivity contribution is 5.95. The van der Waals surface area contributed by atoms with Crippen LogP contribution in [0.25, 0.3) is 0 Å². The lowest BCUT2D eigenvalue weighted by Crippen LogP contribution is -2.32. The number of ether oxygens (including phenoxy) is 3. The van der Waals surface area contributed by atoms with Crippen LogP contribution in [0.4, 0.5) is 5.69 Å². The average molecular weight is 371 g/mol. The number of methoxy groups -OCH3 is 2. The first-order valence-electron chi connectivity index (χ1n) is 8.47. The van der Waals surface area contributed by atoms with E-state index in [9.17, 15) is 14.7 Å². The molecule has 142 valence electrons. The number of amides is 1. The minimum Gasteiger partial charge on any atom is -0.497 e. The maximum atomic E-state index is 12.7. The number of hydrogen-bond donors (Lipinski definition) is 2. The molecule has 1 amide bonds. The molecule has 0 spiro atoms. The van der Waals surface area contributed by atoms with Gasteiger partial charge in [0.05, 0.1) is 25.2 Å². The van der Waals surface area contributed by atoms with Crippen molar-refractivity contribution in [2.75, 3.05) is 26.1 Å². The van der Waals surface area contributed by atoms with E-state index in [0.29, 0.717) is 23.4 Å². The van der Waals surface area contributed by atoms with Gasteiger partial charge in [0.25, 0.3) is 0 Å². The lowest BCUT2D eigenvalue weighted by Gasteiger charge is -2.25. The molecule has 2 aromatic rings. The number of carboxylic acid groups (broad SMARTS) is 1. The van der Waals surface area contributed by atoms with Crippen LogP contribution in [0.2, 0.25) is 0 Å². The number of fused-ring (bicyclic) bond motifs is 1. The fraction of sp³-hybridized carbons (Fsp3) is 0.300. The van der Waals surface area contributed by atoms with Crippen LogP contribution in [-0.2, 0) is 22.6 Å². The first kappa shape index (κ1) is 18.7. The van der Waals surface area contributed by atoms with Crippen molar-refractivity contribution in [1.29, 1.82) is 0 Å². The third-order valence-electron chi connectivity index (χ3n) is 4.36. The third-order valence-corrected chi connectivity index (χ3v) is 4.36. The van der Waals surface area contributed by atoms with Crippen molar-refractivity contribution in [3.8, 4) is 11.5 Å². The molecule has 1 heterocycles. The smallest absolute Gasteiger partial charge is 0.335 e. The lowest BCUT2D eigenvalue weighted by atomic mass is 9.95. The van der Waals surface area contributed by atoms with Gasteiger partial charge in [-0.15, -0.1) is 0 Å². The maximum Gasteiger partial charge on any atom is 0.335 e. The topological polar surface area (TPSA) is 94.1 Å². The number of benzene rings is 2. The minimum atomic E-state index is -1.06. The summed E-state index contributed by atoms with van der Waals surface area (Å²) in [6, 6.07) is 10.2. The molecule has 1 aliphatic heterocycles. The summed E-state index contributed by atoms with van der Waals surface area (Å²) < 4.78 is 16.0. The van der Waals surface area contributed by atoms with Gasteiger partial charge in [-0.3, -0.25) is 4.79 Å². The number of rotatable bonds is 6. The molecule has 0 aromatic heterocycles. The molecular formula is C20H21NO6. The quantitative estimate of drug-likeness (QED) is 0.811. The van der Waals surface area contributed by atoms with Crippen LogP contribution >= 0.6 is 0 Å². The van der Waals surface area contributed by atoms with Crippen molar-refractivity contribution in [2.24, 2.45) is 5.92 Å². The fourth-order valence-corrected chi connectivity index (χ4v) is 3.05. The summed E-state index contributed by atoms with van der Waals surface area (Å²) in [6.07, 6.45) is 0.516. The Morgan fingerprint density at radius 3 is 2.74 bits per heavy atom. The standard InChI is InChI=1S/C20H21NO6/c1-25-10-12-5-14(20(23)24)8-16(6-12)21-19(22)15-7-13-9-17(26-2)3-4-18(13)27-11-15/h3-6,8-9,15H,7,10-11H2,1-2H3,(H,21,22)(H,23,24). The van der Waals surface area contributed by atoms with Crippen molar-refractivity contribution in [3.05, 3.63) is 53.1 Å². The Morgan fingerprint density at radius 2 is 2.04 bits per heavy atom. The Balaban J connectivity index is 1.76. The van der Waals surface area contributed by atoms with Crippen molar-refractivity contribution in [1.82, 2.24) is 0 Å². The highest BCUT2D eigenvalue weighted by Gasteiger charge is 2.26. The summed E-state index contributed by atoms with van der Waals surface area (Å²) in [5, 5.41) is 12.1. The molecule has 27 heavy (non-hydrogen) atoms. The van der Waals surface area contributed by atoms with E-state index in [2.05, 4.69) is 5.32 Å². The molecule has 7 heteroatoms. The molecule has 3 rings (SSSR count). The summed E-state index contributed by atoms with van der Waals surface area (Å²) in [5.41, 5.74) is 2.08. The largest absolute Gasteiger partial charge is 0.497 e. The van der Waals surface area contributed by atoms with E-state index in [1.54, 1.807) is 13.2 Å². The van der Waals surface area contributed by atoms with Crippen LogP contribution in [0.1, 0.15) is 21.5 Å². The highest BCUT2D eigenvalue weighted by atomic mass is 16.5. The van der Waals surface area contributed by atoms with E-state index in [-0.39, 0.29) is 30.6 Å². The predicted molar refractivity (Wildman–Crippen MR) is 98.4 cm³/mol. The number of carbonyl (C=O) groups excluding carboxylic acids is 1. The van der Waals surface area contributed by atoms with Crippen molar-refractivity contribution in [2.45, 2.75) is 13.0 Å². The highest BCUT2D eigenvalue weighted by Crippen LogP contribution is 2.31. The maximum absolute atomic E-state index is 12.7. The van der Waals surface area contributed by atoms with E-state index in [1.165, 1.54) is 19.2 Å². The lowest BCUT2D eigenvalue weighted by molar-refractivity contribution is -0.121. The molecule has 2 aromatic carbocycles. The number of anilines is 1. The van der Waals surface area contributed by atoms with E-state index < -0.39 is 5.97 Å². The van der Waals surface area contributed by atoms with E-state index in [1.807, 2.05) is 18.2 Å². The Morgan fingerprint density at radius 1 is 1.22 bits per heavy atom. The molecule has 1 aliphatic rings. The van der Waals surface area contributed by atoms with Gasteiger partial charge in [-0.2, -0.15) is 0 Å². The number of carbonyl (C=O) groups is 2. The molecule has 1 atom stereocenters. The van der Waals surface area contributed by atoms with Crippen LogP contribution in [0.15, 0.2) is 36.4 Å². The monoisotopic (exact) mass is 371 g/mol. The van der Waals surface area contributed by atoms with Gasteiger partial charge in [0.2, 0.25) is 5.91 Å². The van der Waals surface area contributed by atoms with Gasteiger partial charge in [-0.1, -0.05) is 0 Å². The van der Waals surface area contributed by atoms with Crippen molar-refractivity contribution >= 4 is 17.6 Å². The van der Waals surface area contributed by atoms with Gasteiger partial charge in [-0.25, -0.2) is 4.79 Å². The average Bonchev–Trinajstić information content (AvgIpc) is 2.67. The Bertz CT molecular complexity index is 864. The van der Waals surface area contributed by atoms with E-state index >= 15 is 0 Å². The van der Waals surface area contributed by atoms with E-state index in [4.69, 9.17) is 14.2 Å². The summed E-state index contributed by atoms with van der Waals surface area (Å²) in [7, 11) is 3.11. The molecule has 0 bridgehead atoms. The normalized spacial score (nSPS) is 15.4. The summed E-state index contributed by atoms with van der Waals surface area (Å²) >= 11 is 0. The Hall–Kier alpha value is -3.06. The second-order valence-corrected chi connectivity index (χ2v) is 6.33. The molecule has 2 N–H and O–H groups in total. The van der Waals surface area contributed by atoms with Gasteiger partial charge in [0.15, 0.2) is 0 Å². The van der Waals surface area contributed by atoms with Gasteiger partial charge >= 0.3 is 5.97 Å². The molecule has 0 fully saturated rings. The van der Waals surface area contributed by atoms with Gasteiger partial charge in [-0.05, 0) is 53.9 Å². The molecule has 0 aliphatic carbocycles. The first-order valence-corrected chi connectivity index (χ1v) is 8.47. The molecule has 1 unspecified atom stereocenters. The van der Waals surface area contributed by atoms with Crippen LogP contribution in [0.5, 0.6) is 11.5 Å².